The van der Waals surface area contributed by atoms with Crippen LogP contribution in [0.4, 0.5) is 13.2 Å². The summed E-state index contributed by atoms with van der Waals surface area (Å²) in [5, 5.41) is 9.18. The molecule has 1 aliphatic rings. The van der Waals surface area contributed by atoms with Crippen molar-refractivity contribution >= 4 is 5.90 Å². The second-order valence-electron chi connectivity index (χ2n) is 4.81. The van der Waals surface area contributed by atoms with Gasteiger partial charge in [0.25, 0.3) is 0 Å². The molecule has 0 fully saturated rings. The fraction of sp³-hybridized carbons (Fsp3) is 0.417. The summed E-state index contributed by atoms with van der Waals surface area (Å²) >= 11 is 0. The summed E-state index contributed by atoms with van der Waals surface area (Å²) in [7, 11) is 0. The van der Waals surface area contributed by atoms with Gasteiger partial charge in [-0.05, 0) is 20.8 Å². The Balaban J connectivity index is 2.67. The molecule has 0 spiro atoms. The quantitative estimate of drug-likeness (QED) is 0.788. The molecule has 0 aromatic heterocycles. The van der Waals surface area contributed by atoms with Crippen LogP contribution in [-0.2, 0) is 4.74 Å². The van der Waals surface area contributed by atoms with Crippen molar-refractivity contribution in [2.45, 2.75) is 26.3 Å². The highest BCUT2D eigenvalue weighted by Crippen LogP contribution is 2.32. The van der Waals surface area contributed by atoms with Gasteiger partial charge in [0.15, 0.2) is 17.4 Å². The lowest BCUT2D eigenvalue weighted by Gasteiger charge is -2.10. The molecule has 0 unspecified atom stereocenters. The van der Waals surface area contributed by atoms with Crippen molar-refractivity contribution in [3.8, 4) is 5.75 Å². The van der Waals surface area contributed by atoms with Crippen LogP contribution in [0.1, 0.15) is 25.0 Å². The van der Waals surface area contributed by atoms with Gasteiger partial charge < -0.3 is 9.84 Å². The highest BCUT2D eigenvalue weighted by molar-refractivity contribution is 5.97. The van der Waals surface area contributed by atoms with Crippen molar-refractivity contribution in [2.75, 3.05) is 6.61 Å². The van der Waals surface area contributed by atoms with E-state index in [4.69, 9.17) is 4.74 Å². The predicted octanol–water partition coefficient (Wildman–Crippen LogP) is 2.67. The molecule has 2 rings (SSSR count). The maximum atomic E-state index is 13.8. The van der Waals surface area contributed by atoms with E-state index in [1.165, 1.54) is 6.92 Å². The highest BCUT2D eigenvalue weighted by atomic mass is 19.2. The van der Waals surface area contributed by atoms with E-state index in [9.17, 15) is 18.3 Å². The molecule has 1 aliphatic heterocycles. The number of hydrogen-bond acceptors (Lipinski definition) is 3. The van der Waals surface area contributed by atoms with Crippen LogP contribution < -0.4 is 0 Å². The van der Waals surface area contributed by atoms with Crippen LogP contribution in [0.25, 0.3) is 0 Å². The van der Waals surface area contributed by atoms with Gasteiger partial charge >= 0.3 is 0 Å². The number of phenols is 1. The maximum absolute atomic E-state index is 13.8. The van der Waals surface area contributed by atoms with Crippen LogP contribution in [-0.4, -0.2) is 23.2 Å². The molecule has 0 bridgehead atoms. The zero-order chi connectivity index (χ0) is 13.7. The predicted molar refractivity (Wildman–Crippen MR) is 59.3 cm³/mol. The third kappa shape index (κ3) is 1.81. The molecule has 0 saturated heterocycles. The second-order valence-corrected chi connectivity index (χ2v) is 4.81. The van der Waals surface area contributed by atoms with E-state index in [0.29, 0.717) is 0 Å². The fourth-order valence-corrected chi connectivity index (χ4v) is 1.72. The summed E-state index contributed by atoms with van der Waals surface area (Å²) < 4.78 is 45.6. The summed E-state index contributed by atoms with van der Waals surface area (Å²) in [6.07, 6.45) is 0. The number of aliphatic imine (C=N–C) groups is 1. The Morgan fingerprint density at radius 3 is 2.28 bits per heavy atom. The molecular weight excluding hydrogens is 247 g/mol. The molecule has 1 heterocycles. The molecule has 0 amide bonds. The van der Waals surface area contributed by atoms with E-state index in [1.807, 2.05) is 0 Å². The number of nitrogens with zero attached hydrogens (tertiary/aromatic N) is 1. The fourth-order valence-electron chi connectivity index (χ4n) is 1.72. The Morgan fingerprint density at radius 1 is 1.17 bits per heavy atom. The monoisotopic (exact) mass is 259 g/mol. The normalized spacial score (nSPS) is 17.6. The van der Waals surface area contributed by atoms with Gasteiger partial charge in [-0.25, -0.2) is 13.8 Å². The summed E-state index contributed by atoms with van der Waals surface area (Å²) in [5.74, 6) is -5.65. The van der Waals surface area contributed by atoms with Crippen LogP contribution in [0.15, 0.2) is 4.99 Å². The molecule has 0 saturated carbocycles. The maximum Gasteiger partial charge on any atom is 0.220 e. The average molecular weight is 259 g/mol. The summed E-state index contributed by atoms with van der Waals surface area (Å²) in [4.78, 5) is 4.08. The zero-order valence-electron chi connectivity index (χ0n) is 10.1. The molecule has 0 aliphatic carbocycles. The number of benzene rings is 1. The average Bonchev–Trinajstić information content (AvgIpc) is 2.64. The first-order valence-electron chi connectivity index (χ1n) is 5.33. The van der Waals surface area contributed by atoms with Crippen LogP contribution >= 0.6 is 0 Å². The number of aromatic hydroxyl groups is 1. The second kappa shape index (κ2) is 3.90. The van der Waals surface area contributed by atoms with Crippen molar-refractivity contribution in [3.63, 3.8) is 0 Å². The highest BCUT2D eigenvalue weighted by Gasteiger charge is 2.32. The van der Waals surface area contributed by atoms with E-state index < -0.39 is 28.7 Å². The van der Waals surface area contributed by atoms with Crippen molar-refractivity contribution in [1.29, 1.82) is 0 Å². The molecule has 1 aromatic rings. The van der Waals surface area contributed by atoms with Gasteiger partial charge in [0, 0.05) is 5.56 Å². The van der Waals surface area contributed by atoms with Gasteiger partial charge in [0.05, 0.1) is 11.1 Å². The first kappa shape index (κ1) is 12.7. The Kier molecular flexibility index (Phi) is 2.76. The Bertz CT molecular complexity index is 524. The Hall–Kier alpha value is -1.72. The largest absolute Gasteiger partial charge is 0.503 e. The van der Waals surface area contributed by atoms with Gasteiger partial charge in [-0.15, -0.1) is 0 Å². The van der Waals surface area contributed by atoms with Crippen molar-refractivity contribution in [1.82, 2.24) is 0 Å². The van der Waals surface area contributed by atoms with Gasteiger partial charge in [-0.2, -0.15) is 4.39 Å². The number of rotatable bonds is 1. The van der Waals surface area contributed by atoms with Crippen LogP contribution in [0.2, 0.25) is 0 Å². The Labute approximate surface area is 102 Å². The summed E-state index contributed by atoms with van der Waals surface area (Å²) in [6, 6.07) is 0. The third-order valence-corrected chi connectivity index (χ3v) is 2.71. The first-order chi connectivity index (χ1) is 8.24. The van der Waals surface area contributed by atoms with Gasteiger partial charge in [-0.3, -0.25) is 0 Å². The van der Waals surface area contributed by atoms with Crippen LogP contribution in [0.3, 0.4) is 0 Å². The molecule has 1 aromatic carbocycles. The van der Waals surface area contributed by atoms with E-state index in [0.717, 1.165) is 0 Å². The molecular formula is C12H12F3NO2. The van der Waals surface area contributed by atoms with Gasteiger partial charge in [0.2, 0.25) is 11.7 Å². The molecule has 18 heavy (non-hydrogen) atoms. The van der Waals surface area contributed by atoms with Crippen molar-refractivity contribution in [2.24, 2.45) is 4.99 Å². The molecule has 98 valence electrons. The number of phenolic OH excluding ortho intramolecular Hbond substituents is 1. The van der Waals surface area contributed by atoms with E-state index in [1.54, 1.807) is 13.8 Å². The van der Waals surface area contributed by atoms with E-state index in [2.05, 4.69) is 4.99 Å². The minimum Gasteiger partial charge on any atom is -0.503 e. The lowest BCUT2D eigenvalue weighted by molar-refractivity contribution is 0.278. The lowest BCUT2D eigenvalue weighted by Crippen LogP contribution is -2.17. The minimum absolute atomic E-state index is 0.121. The van der Waals surface area contributed by atoms with Crippen molar-refractivity contribution in [3.05, 3.63) is 28.6 Å². The van der Waals surface area contributed by atoms with Gasteiger partial charge in [0.1, 0.15) is 6.61 Å². The summed E-state index contributed by atoms with van der Waals surface area (Å²) in [5.41, 5.74) is -1.18. The number of halogens is 3. The van der Waals surface area contributed by atoms with Crippen molar-refractivity contribution < 1.29 is 23.0 Å². The molecule has 3 nitrogen and oxygen atoms in total. The number of hydrogen-bond donors (Lipinski definition) is 1. The molecule has 0 atom stereocenters. The lowest BCUT2D eigenvalue weighted by atomic mass is 10.1. The smallest absolute Gasteiger partial charge is 0.220 e. The van der Waals surface area contributed by atoms with Crippen LogP contribution in [0.5, 0.6) is 5.75 Å². The third-order valence-electron chi connectivity index (χ3n) is 2.71. The number of ether oxygens (including phenoxy) is 1. The zero-order valence-corrected chi connectivity index (χ0v) is 10.1. The minimum atomic E-state index is -1.60. The van der Waals surface area contributed by atoms with Crippen LogP contribution in [0, 0.1) is 24.4 Å². The Morgan fingerprint density at radius 2 is 1.78 bits per heavy atom. The standard InChI is InChI=1S/C12H12F3NO2/c1-5-6(11-16-12(2,3)4-18-11)8(14)10(17)9(15)7(5)13/h17H,4H2,1-3H3. The van der Waals surface area contributed by atoms with E-state index >= 15 is 0 Å². The molecule has 6 heteroatoms. The molecule has 0 radical (unpaired) electrons. The SMILES string of the molecule is Cc1c(F)c(F)c(O)c(F)c1C1=NC(C)(C)CO1. The van der Waals surface area contributed by atoms with E-state index in [-0.39, 0.29) is 23.6 Å². The molecule has 1 N–H and O–H groups in total. The first-order valence-corrected chi connectivity index (χ1v) is 5.33. The summed E-state index contributed by atoms with van der Waals surface area (Å²) in [6.45, 7) is 4.92. The topological polar surface area (TPSA) is 41.8 Å². The van der Waals surface area contributed by atoms with Gasteiger partial charge in [-0.1, -0.05) is 0 Å².